The summed E-state index contributed by atoms with van der Waals surface area (Å²) >= 11 is 0. The van der Waals surface area contributed by atoms with Crippen LogP contribution in [0.15, 0.2) is 48.8 Å². The number of rotatable bonds is 4. The van der Waals surface area contributed by atoms with E-state index in [0.29, 0.717) is 11.1 Å². The van der Waals surface area contributed by atoms with E-state index in [1.165, 1.54) is 6.20 Å². The molecule has 1 aromatic heterocycles. The molecule has 1 unspecified atom stereocenters. The van der Waals surface area contributed by atoms with E-state index >= 15 is 0 Å². The third kappa shape index (κ3) is 3.29. The van der Waals surface area contributed by atoms with Crippen molar-refractivity contribution in [2.24, 2.45) is 0 Å². The van der Waals surface area contributed by atoms with Gasteiger partial charge in [-0.05, 0) is 26.0 Å². The van der Waals surface area contributed by atoms with Crippen LogP contribution in [0.4, 0.5) is 0 Å². The fourth-order valence-electron chi connectivity index (χ4n) is 1.72. The molecule has 0 fully saturated rings. The van der Waals surface area contributed by atoms with Crippen LogP contribution < -0.4 is 0 Å². The van der Waals surface area contributed by atoms with E-state index < -0.39 is 12.1 Å². The molecule has 0 aliphatic rings. The summed E-state index contributed by atoms with van der Waals surface area (Å²) in [7, 11) is 0. The van der Waals surface area contributed by atoms with Crippen LogP contribution in [0.2, 0.25) is 0 Å². The molecule has 0 saturated carbocycles. The summed E-state index contributed by atoms with van der Waals surface area (Å²) in [6.45, 7) is 3.51. The van der Waals surface area contributed by atoms with E-state index in [0.717, 1.165) is 5.56 Å². The first kappa shape index (κ1) is 13.9. The van der Waals surface area contributed by atoms with Crippen LogP contribution in [-0.2, 0) is 4.74 Å². The largest absolute Gasteiger partial charge is 0.451 e. The average Bonchev–Trinajstić information content (AvgIpc) is 2.48. The Morgan fingerprint density at radius 1 is 1.10 bits per heavy atom. The Morgan fingerprint density at radius 2 is 1.80 bits per heavy atom. The molecule has 0 bridgehead atoms. The number of aryl methyl sites for hydroxylation is 1. The molecule has 4 heteroatoms. The van der Waals surface area contributed by atoms with Crippen LogP contribution in [0.5, 0.6) is 0 Å². The fourth-order valence-corrected chi connectivity index (χ4v) is 1.72. The van der Waals surface area contributed by atoms with Gasteiger partial charge in [0.1, 0.15) is 0 Å². The Kier molecular flexibility index (Phi) is 4.25. The van der Waals surface area contributed by atoms with Gasteiger partial charge in [-0.2, -0.15) is 0 Å². The second kappa shape index (κ2) is 6.10. The SMILES string of the molecule is Cc1ccc(C(=O)C(C)OC(=O)c2cccnc2)cc1. The summed E-state index contributed by atoms with van der Waals surface area (Å²) < 4.78 is 5.15. The van der Waals surface area contributed by atoms with E-state index in [4.69, 9.17) is 4.74 Å². The molecule has 0 saturated heterocycles. The van der Waals surface area contributed by atoms with Crippen LogP contribution in [-0.4, -0.2) is 22.8 Å². The van der Waals surface area contributed by atoms with Gasteiger partial charge in [0, 0.05) is 18.0 Å². The highest BCUT2D eigenvalue weighted by atomic mass is 16.5. The fraction of sp³-hybridized carbons (Fsp3) is 0.188. The van der Waals surface area contributed by atoms with Gasteiger partial charge in [-0.1, -0.05) is 29.8 Å². The second-order valence-corrected chi connectivity index (χ2v) is 4.52. The van der Waals surface area contributed by atoms with Gasteiger partial charge in [0.2, 0.25) is 5.78 Å². The lowest BCUT2D eigenvalue weighted by Crippen LogP contribution is -2.24. The Bertz CT molecular complexity index is 605. The zero-order chi connectivity index (χ0) is 14.5. The molecule has 0 aliphatic heterocycles. The predicted molar refractivity (Wildman–Crippen MR) is 74.6 cm³/mol. The first-order chi connectivity index (χ1) is 9.58. The van der Waals surface area contributed by atoms with Crippen molar-refractivity contribution >= 4 is 11.8 Å². The molecule has 102 valence electrons. The zero-order valence-corrected chi connectivity index (χ0v) is 11.4. The van der Waals surface area contributed by atoms with Gasteiger partial charge in [-0.15, -0.1) is 0 Å². The van der Waals surface area contributed by atoms with Gasteiger partial charge in [0.15, 0.2) is 6.10 Å². The zero-order valence-electron chi connectivity index (χ0n) is 11.4. The van der Waals surface area contributed by atoms with Gasteiger partial charge in [0.05, 0.1) is 5.56 Å². The van der Waals surface area contributed by atoms with Crippen molar-refractivity contribution in [1.29, 1.82) is 0 Å². The summed E-state index contributed by atoms with van der Waals surface area (Å²) in [6.07, 6.45) is 2.15. The van der Waals surface area contributed by atoms with Crippen LogP contribution in [0.25, 0.3) is 0 Å². The van der Waals surface area contributed by atoms with E-state index in [2.05, 4.69) is 4.98 Å². The first-order valence-electron chi connectivity index (χ1n) is 6.30. The van der Waals surface area contributed by atoms with Crippen molar-refractivity contribution in [2.75, 3.05) is 0 Å². The summed E-state index contributed by atoms with van der Waals surface area (Å²) in [5, 5.41) is 0. The van der Waals surface area contributed by atoms with Crippen LogP contribution in [0.1, 0.15) is 33.2 Å². The van der Waals surface area contributed by atoms with Gasteiger partial charge in [-0.25, -0.2) is 4.79 Å². The third-order valence-corrected chi connectivity index (χ3v) is 2.89. The number of carbonyl (C=O) groups excluding carboxylic acids is 2. The smallest absolute Gasteiger partial charge is 0.340 e. The van der Waals surface area contributed by atoms with Crippen molar-refractivity contribution in [3.05, 3.63) is 65.5 Å². The Balaban J connectivity index is 2.05. The van der Waals surface area contributed by atoms with Crippen molar-refractivity contribution in [3.63, 3.8) is 0 Å². The number of aromatic nitrogens is 1. The molecule has 20 heavy (non-hydrogen) atoms. The van der Waals surface area contributed by atoms with E-state index in [1.807, 2.05) is 19.1 Å². The minimum Gasteiger partial charge on any atom is -0.451 e. The second-order valence-electron chi connectivity index (χ2n) is 4.52. The maximum atomic E-state index is 12.1. The number of nitrogens with zero attached hydrogens (tertiary/aromatic N) is 1. The molecule has 0 radical (unpaired) electrons. The van der Waals surface area contributed by atoms with Gasteiger partial charge in [-0.3, -0.25) is 9.78 Å². The number of esters is 1. The van der Waals surface area contributed by atoms with E-state index in [9.17, 15) is 9.59 Å². The minimum atomic E-state index is -0.828. The van der Waals surface area contributed by atoms with Crippen molar-refractivity contribution < 1.29 is 14.3 Å². The quantitative estimate of drug-likeness (QED) is 0.632. The van der Waals surface area contributed by atoms with E-state index in [-0.39, 0.29) is 5.78 Å². The molecule has 1 aromatic carbocycles. The van der Waals surface area contributed by atoms with Crippen LogP contribution in [0.3, 0.4) is 0 Å². The highest BCUT2D eigenvalue weighted by Gasteiger charge is 2.20. The monoisotopic (exact) mass is 269 g/mol. The number of hydrogen-bond acceptors (Lipinski definition) is 4. The number of ketones is 1. The molecular formula is C16H15NO3. The maximum Gasteiger partial charge on any atom is 0.340 e. The third-order valence-electron chi connectivity index (χ3n) is 2.89. The minimum absolute atomic E-state index is 0.220. The number of Topliss-reactive ketones (excluding diaryl/α,β-unsaturated/α-hetero) is 1. The van der Waals surface area contributed by atoms with E-state index in [1.54, 1.807) is 37.4 Å². The number of carbonyl (C=O) groups is 2. The highest BCUT2D eigenvalue weighted by molar-refractivity contribution is 6.01. The van der Waals surface area contributed by atoms with Crippen LogP contribution in [0, 0.1) is 6.92 Å². The van der Waals surface area contributed by atoms with Crippen molar-refractivity contribution in [1.82, 2.24) is 4.98 Å². The Morgan fingerprint density at radius 3 is 2.40 bits per heavy atom. The summed E-state index contributed by atoms with van der Waals surface area (Å²) in [5.41, 5.74) is 1.93. The molecule has 0 amide bonds. The molecule has 2 aromatic rings. The maximum absolute atomic E-state index is 12.1. The molecular weight excluding hydrogens is 254 g/mol. The standard InChI is InChI=1S/C16H15NO3/c1-11-5-7-13(8-6-11)15(18)12(2)20-16(19)14-4-3-9-17-10-14/h3-10,12H,1-2H3. The van der Waals surface area contributed by atoms with Gasteiger partial charge >= 0.3 is 5.97 Å². The van der Waals surface area contributed by atoms with Gasteiger partial charge in [0.25, 0.3) is 0 Å². The molecule has 4 nitrogen and oxygen atoms in total. The molecule has 1 atom stereocenters. The molecule has 2 rings (SSSR count). The number of pyridine rings is 1. The molecule has 1 heterocycles. The molecule has 0 N–H and O–H groups in total. The van der Waals surface area contributed by atoms with Crippen molar-refractivity contribution in [3.8, 4) is 0 Å². The predicted octanol–water partition coefficient (Wildman–Crippen LogP) is 2.82. The lowest BCUT2D eigenvalue weighted by molar-refractivity contribution is 0.0318. The van der Waals surface area contributed by atoms with Crippen LogP contribution >= 0.6 is 0 Å². The van der Waals surface area contributed by atoms with Gasteiger partial charge < -0.3 is 4.74 Å². The first-order valence-corrected chi connectivity index (χ1v) is 6.30. The molecule has 0 spiro atoms. The van der Waals surface area contributed by atoms with Crippen molar-refractivity contribution in [2.45, 2.75) is 20.0 Å². The summed E-state index contributed by atoms with van der Waals surface area (Å²) in [4.78, 5) is 27.8. The normalized spacial score (nSPS) is 11.7. The lowest BCUT2D eigenvalue weighted by atomic mass is 10.1. The topological polar surface area (TPSA) is 56.3 Å². The Hall–Kier alpha value is -2.49. The number of hydrogen-bond donors (Lipinski definition) is 0. The molecule has 0 aliphatic carbocycles. The highest BCUT2D eigenvalue weighted by Crippen LogP contribution is 2.10. The summed E-state index contributed by atoms with van der Waals surface area (Å²) in [6, 6.07) is 10.4. The lowest BCUT2D eigenvalue weighted by Gasteiger charge is -2.12. The average molecular weight is 269 g/mol. The summed E-state index contributed by atoms with van der Waals surface area (Å²) in [5.74, 6) is -0.770. The number of ether oxygens (including phenoxy) is 1. The Labute approximate surface area is 117 Å². The number of benzene rings is 1.